The van der Waals surface area contributed by atoms with Crippen LogP contribution in [0.4, 0.5) is 4.39 Å². The van der Waals surface area contributed by atoms with Gasteiger partial charge in [-0.15, -0.1) is 11.7 Å². The summed E-state index contributed by atoms with van der Waals surface area (Å²) in [5.74, 6) is -0.262. The van der Waals surface area contributed by atoms with Crippen molar-refractivity contribution in [3.63, 3.8) is 0 Å². The Bertz CT molecular complexity index is 413. The van der Waals surface area contributed by atoms with Gasteiger partial charge in [0.25, 0.3) is 0 Å². The number of fused-ring (bicyclic) bond motifs is 1. The van der Waals surface area contributed by atoms with Gasteiger partial charge in [-0.25, -0.2) is 4.39 Å². The van der Waals surface area contributed by atoms with E-state index >= 15 is 0 Å². The lowest BCUT2D eigenvalue weighted by Crippen LogP contribution is -1.72. The summed E-state index contributed by atoms with van der Waals surface area (Å²) >= 11 is 4.02. The molecular weight excluding hydrogens is 195 g/mol. The zero-order chi connectivity index (χ0) is 8.55. The lowest BCUT2D eigenvalue weighted by Gasteiger charge is -1.89. The van der Waals surface area contributed by atoms with Crippen LogP contribution in [0, 0.1) is 5.82 Å². The molecule has 12 heavy (non-hydrogen) atoms. The summed E-state index contributed by atoms with van der Waals surface area (Å²) in [4.78, 5) is 0. The molecule has 5 heteroatoms. The summed E-state index contributed by atoms with van der Waals surface area (Å²) in [7, 11) is 1.24. The summed E-state index contributed by atoms with van der Waals surface area (Å²) in [6.07, 6.45) is 0. The van der Waals surface area contributed by atoms with Crippen LogP contribution >= 0.6 is 22.5 Å². The van der Waals surface area contributed by atoms with Crippen molar-refractivity contribution in [3.05, 3.63) is 24.0 Å². The molecule has 0 saturated heterocycles. The number of hydrogen-bond acceptors (Lipinski definition) is 3. The second-order valence-electron chi connectivity index (χ2n) is 2.31. The maximum absolute atomic E-state index is 12.7. The standard InChI is InChI=1S/C7H5FN2S2/c8-4-1-2-5-6(3-4)9-10-7(5)12-11/h1-3,11H,(H,9,10). The Labute approximate surface area is 77.4 Å². The monoisotopic (exact) mass is 200 g/mol. The Balaban J connectivity index is 2.73. The molecule has 0 aliphatic carbocycles. The summed E-state index contributed by atoms with van der Waals surface area (Å²) in [5.41, 5.74) is 0.701. The minimum Gasteiger partial charge on any atom is -0.277 e. The van der Waals surface area contributed by atoms with Gasteiger partial charge in [0.05, 0.1) is 5.52 Å². The van der Waals surface area contributed by atoms with Crippen LogP contribution in [-0.4, -0.2) is 10.2 Å². The Morgan fingerprint density at radius 3 is 3.08 bits per heavy atom. The van der Waals surface area contributed by atoms with Crippen molar-refractivity contribution >= 4 is 33.4 Å². The van der Waals surface area contributed by atoms with E-state index in [4.69, 9.17) is 0 Å². The molecule has 1 heterocycles. The molecule has 1 aromatic heterocycles. The molecule has 0 aliphatic rings. The molecule has 0 saturated carbocycles. The van der Waals surface area contributed by atoms with Crippen molar-refractivity contribution in [2.75, 3.05) is 0 Å². The first-order valence-electron chi connectivity index (χ1n) is 3.26. The zero-order valence-electron chi connectivity index (χ0n) is 5.91. The first kappa shape index (κ1) is 7.94. The summed E-state index contributed by atoms with van der Waals surface area (Å²) < 4.78 is 12.7. The number of nitrogens with zero attached hydrogens (tertiary/aromatic N) is 1. The van der Waals surface area contributed by atoms with Gasteiger partial charge in [-0.2, -0.15) is 5.10 Å². The third kappa shape index (κ3) is 1.19. The Morgan fingerprint density at radius 2 is 2.33 bits per heavy atom. The van der Waals surface area contributed by atoms with E-state index in [2.05, 4.69) is 21.9 Å². The van der Waals surface area contributed by atoms with Crippen LogP contribution in [0.15, 0.2) is 23.2 Å². The highest BCUT2D eigenvalue weighted by atomic mass is 33.1. The van der Waals surface area contributed by atoms with E-state index in [1.165, 1.54) is 22.9 Å². The number of aromatic nitrogens is 2. The average molecular weight is 200 g/mol. The fourth-order valence-electron chi connectivity index (χ4n) is 1.04. The highest BCUT2D eigenvalue weighted by Gasteiger charge is 2.04. The fourth-order valence-corrected chi connectivity index (χ4v) is 1.82. The molecule has 2 rings (SSSR count). The van der Waals surface area contributed by atoms with Crippen molar-refractivity contribution in [2.45, 2.75) is 5.03 Å². The smallest absolute Gasteiger partial charge is 0.136 e. The van der Waals surface area contributed by atoms with Gasteiger partial charge in [0, 0.05) is 5.39 Å². The Hall–Kier alpha value is -0.680. The summed E-state index contributed by atoms with van der Waals surface area (Å²) in [6, 6.07) is 4.51. The lowest BCUT2D eigenvalue weighted by molar-refractivity contribution is 0.629. The van der Waals surface area contributed by atoms with Gasteiger partial charge < -0.3 is 0 Å². The molecule has 2 nitrogen and oxygen atoms in total. The van der Waals surface area contributed by atoms with Crippen LogP contribution in [0.2, 0.25) is 0 Å². The minimum absolute atomic E-state index is 0.262. The second kappa shape index (κ2) is 2.99. The molecule has 2 aromatic rings. The average Bonchev–Trinajstić information content (AvgIpc) is 2.46. The molecule has 0 atom stereocenters. The van der Waals surface area contributed by atoms with Gasteiger partial charge >= 0.3 is 0 Å². The Morgan fingerprint density at radius 1 is 1.50 bits per heavy atom. The Kier molecular flexibility index (Phi) is 1.98. The van der Waals surface area contributed by atoms with Gasteiger partial charge in [-0.1, -0.05) is 0 Å². The van der Waals surface area contributed by atoms with E-state index in [0.29, 0.717) is 5.52 Å². The number of nitrogens with one attached hydrogen (secondary N) is 1. The third-order valence-electron chi connectivity index (χ3n) is 1.58. The summed E-state index contributed by atoms with van der Waals surface area (Å²) in [6.45, 7) is 0. The molecule has 0 aliphatic heterocycles. The number of aromatic amines is 1. The van der Waals surface area contributed by atoms with Crippen LogP contribution < -0.4 is 0 Å². The third-order valence-corrected chi connectivity index (χ3v) is 2.58. The van der Waals surface area contributed by atoms with Gasteiger partial charge in [0.15, 0.2) is 0 Å². The van der Waals surface area contributed by atoms with Crippen LogP contribution in [-0.2, 0) is 0 Å². The second-order valence-corrected chi connectivity index (χ2v) is 3.43. The quantitative estimate of drug-likeness (QED) is 0.547. The van der Waals surface area contributed by atoms with Crippen molar-refractivity contribution < 1.29 is 4.39 Å². The summed E-state index contributed by atoms with van der Waals surface area (Å²) in [5, 5.41) is 8.34. The van der Waals surface area contributed by atoms with Crippen LogP contribution in [0.3, 0.4) is 0 Å². The van der Waals surface area contributed by atoms with Crippen molar-refractivity contribution in [1.29, 1.82) is 0 Å². The number of thiol groups is 1. The predicted octanol–water partition coefficient (Wildman–Crippen LogP) is 2.64. The number of hydrogen-bond donors (Lipinski definition) is 2. The molecular formula is C7H5FN2S2. The van der Waals surface area contributed by atoms with Gasteiger partial charge in [-0.3, -0.25) is 5.10 Å². The van der Waals surface area contributed by atoms with Crippen molar-refractivity contribution in [3.8, 4) is 0 Å². The van der Waals surface area contributed by atoms with Crippen LogP contribution in [0.1, 0.15) is 0 Å². The molecule has 0 unspecified atom stereocenters. The minimum atomic E-state index is -0.262. The fraction of sp³-hybridized carbons (Fsp3) is 0. The number of halogens is 1. The van der Waals surface area contributed by atoms with E-state index in [1.807, 2.05) is 0 Å². The normalized spacial score (nSPS) is 10.8. The molecule has 0 fully saturated rings. The SMILES string of the molecule is Fc1ccc2c(SS)n[nH]c2c1. The largest absolute Gasteiger partial charge is 0.277 e. The van der Waals surface area contributed by atoms with Crippen molar-refractivity contribution in [2.24, 2.45) is 0 Å². The van der Waals surface area contributed by atoms with E-state index in [9.17, 15) is 4.39 Å². The first-order chi connectivity index (χ1) is 5.81. The van der Waals surface area contributed by atoms with Crippen molar-refractivity contribution in [1.82, 2.24) is 10.2 Å². The highest BCUT2D eigenvalue weighted by molar-refractivity contribution is 8.68. The van der Waals surface area contributed by atoms with Gasteiger partial charge in [-0.05, 0) is 29.0 Å². The number of benzene rings is 1. The van der Waals surface area contributed by atoms with E-state index in [0.717, 1.165) is 10.4 Å². The maximum Gasteiger partial charge on any atom is 0.136 e. The molecule has 0 radical (unpaired) electrons. The first-order valence-corrected chi connectivity index (χ1v) is 5.13. The topological polar surface area (TPSA) is 28.7 Å². The molecule has 0 amide bonds. The lowest BCUT2D eigenvalue weighted by atomic mass is 10.2. The predicted molar refractivity (Wildman–Crippen MR) is 50.9 cm³/mol. The van der Waals surface area contributed by atoms with E-state index < -0.39 is 0 Å². The van der Waals surface area contributed by atoms with Gasteiger partial charge in [0.1, 0.15) is 10.8 Å². The van der Waals surface area contributed by atoms with Crippen LogP contribution in [0.5, 0.6) is 0 Å². The number of rotatable bonds is 1. The molecule has 0 bridgehead atoms. The molecule has 1 N–H and O–H groups in total. The van der Waals surface area contributed by atoms with E-state index in [-0.39, 0.29) is 5.82 Å². The molecule has 62 valence electrons. The molecule has 1 aromatic carbocycles. The maximum atomic E-state index is 12.7. The van der Waals surface area contributed by atoms with E-state index in [1.54, 1.807) is 6.07 Å². The molecule has 0 spiro atoms. The zero-order valence-corrected chi connectivity index (χ0v) is 7.62. The number of H-pyrrole nitrogens is 1. The van der Waals surface area contributed by atoms with Crippen LogP contribution in [0.25, 0.3) is 10.9 Å². The van der Waals surface area contributed by atoms with Gasteiger partial charge in [0.2, 0.25) is 0 Å². The highest BCUT2D eigenvalue weighted by Crippen LogP contribution is 2.27.